The first kappa shape index (κ1) is 16.9. The van der Waals surface area contributed by atoms with Gasteiger partial charge in [0.25, 0.3) is 0 Å². The summed E-state index contributed by atoms with van der Waals surface area (Å²) in [4.78, 5) is 21.6. The number of hydrogen-bond acceptors (Lipinski definition) is 5. The van der Waals surface area contributed by atoms with E-state index in [9.17, 15) is 4.79 Å². The van der Waals surface area contributed by atoms with Crippen LogP contribution in [-0.4, -0.2) is 48.0 Å². The van der Waals surface area contributed by atoms with Gasteiger partial charge in [0.15, 0.2) is 0 Å². The molecule has 0 unspecified atom stereocenters. The highest BCUT2D eigenvalue weighted by Gasteiger charge is 2.08. The van der Waals surface area contributed by atoms with Crippen molar-refractivity contribution in [3.05, 3.63) is 42.2 Å². The highest BCUT2D eigenvalue weighted by atomic mass is 16.1. The van der Waals surface area contributed by atoms with E-state index in [2.05, 4.69) is 37.6 Å². The van der Waals surface area contributed by atoms with E-state index in [0.717, 1.165) is 23.6 Å². The van der Waals surface area contributed by atoms with Gasteiger partial charge in [0, 0.05) is 38.2 Å². The molecule has 0 saturated heterocycles. The third-order valence-corrected chi connectivity index (χ3v) is 3.25. The number of carbonyl (C=O) groups is 1. The van der Waals surface area contributed by atoms with Gasteiger partial charge in [-0.25, -0.2) is 9.97 Å². The van der Waals surface area contributed by atoms with Gasteiger partial charge in [-0.15, -0.1) is 0 Å². The van der Waals surface area contributed by atoms with Crippen LogP contribution in [0.4, 0.5) is 5.82 Å². The van der Waals surface area contributed by atoms with Gasteiger partial charge in [-0.3, -0.25) is 4.79 Å². The smallest absolute Gasteiger partial charge is 0.216 e. The van der Waals surface area contributed by atoms with Crippen molar-refractivity contribution in [3.8, 4) is 11.3 Å². The van der Waals surface area contributed by atoms with Crippen LogP contribution in [0.3, 0.4) is 0 Å². The summed E-state index contributed by atoms with van der Waals surface area (Å²) in [7, 11) is 4.09. The van der Waals surface area contributed by atoms with Crippen molar-refractivity contribution in [2.45, 2.75) is 13.5 Å². The zero-order valence-electron chi connectivity index (χ0n) is 13.8. The van der Waals surface area contributed by atoms with Crippen LogP contribution < -0.4 is 10.6 Å². The van der Waals surface area contributed by atoms with Crippen molar-refractivity contribution in [2.75, 3.05) is 32.5 Å². The van der Waals surface area contributed by atoms with Gasteiger partial charge in [0.1, 0.15) is 12.1 Å². The Balaban J connectivity index is 2.12. The maximum atomic E-state index is 10.9. The largest absolute Gasteiger partial charge is 0.368 e. The second-order valence-corrected chi connectivity index (χ2v) is 5.59. The highest BCUT2D eigenvalue weighted by molar-refractivity contribution is 5.72. The minimum Gasteiger partial charge on any atom is -0.368 e. The van der Waals surface area contributed by atoms with Crippen molar-refractivity contribution in [1.29, 1.82) is 0 Å². The molecule has 122 valence electrons. The third-order valence-electron chi connectivity index (χ3n) is 3.25. The van der Waals surface area contributed by atoms with Crippen LogP contribution in [0, 0.1) is 0 Å². The Bertz CT molecular complexity index is 657. The second kappa shape index (κ2) is 8.24. The maximum Gasteiger partial charge on any atom is 0.216 e. The molecule has 0 fully saturated rings. The number of anilines is 1. The summed E-state index contributed by atoms with van der Waals surface area (Å²) < 4.78 is 0. The quantitative estimate of drug-likeness (QED) is 0.762. The summed E-state index contributed by atoms with van der Waals surface area (Å²) >= 11 is 0. The Morgan fingerprint density at radius 1 is 1.17 bits per heavy atom. The molecule has 0 bridgehead atoms. The molecular weight excluding hydrogens is 290 g/mol. The van der Waals surface area contributed by atoms with Crippen LogP contribution in [0.15, 0.2) is 36.7 Å². The molecule has 1 heterocycles. The molecule has 6 nitrogen and oxygen atoms in total. The lowest BCUT2D eigenvalue weighted by atomic mass is 10.0. The molecule has 2 aromatic rings. The van der Waals surface area contributed by atoms with Crippen LogP contribution in [0.5, 0.6) is 0 Å². The van der Waals surface area contributed by atoms with E-state index < -0.39 is 0 Å². The summed E-state index contributed by atoms with van der Waals surface area (Å²) in [5, 5.41) is 5.94. The SMILES string of the molecule is CC(=O)NCCNc1cc(-c2ccccc2CN(C)C)ncn1. The lowest BCUT2D eigenvalue weighted by molar-refractivity contribution is -0.118. The fourth-order valence-electron chi connectivity index (χ4n) is 2.28. The summed E-state index contributed by atoms with van der Waals surface area (Å²) in [6.07, 6.45) is 1.56. The Morgan fingerprint density at radius 2 is 1.96 bits per heavy atom. The van der Waals surface area contributed by atoms with E-state index in [-0.39, 0.29) is 5.91 Å². The van der Waals surface area contributed by atoms with Crippen LogP contribution in [0.1, 0.15) is 12.5 Å². The third kappa shape index (κ3) is 5.34. The van der Waals surface area contributed by atoms with Crippen molar-refractivity contribution < 1.29 is 4.79 Å². The monoisotopic (exact) mass is 313 g/mol. The first-order chi connectivity index (χ1) is 11.1. The summed E-state index contributed by atoms with van der Waals surface area (Å²) in [6, 6.07) is 10.2. The Morgan fingerprint density at radius 3 is 2.70 bits per heavy atom. The predicted molar refractivity (Wildman–Crippen MR) is 92.0 cm³/mol. The van der Waals surface area contributed by atoms with Crippen molar-refractivity contribution in [3.63, 3.8) is 0 Å². The van der Waals surface area contributed by atoms with Gasteiger partial charge in [0.05, 0.1) is 5.69 Å². The fraction of sp³-hybridized carbons (Fsp3) is 0.353. The first-order valence-corrected chi connectivity index (χ1v) is 7.59. The molecule has 0 aliphatic heterocycles. The van der Waals surface area contributed by atoms with Crippen LogP contribution >= 0.6 is 0 Å². The number of nitrogens with zero attached hydrogens (tertiary/aromatic N) is 3. The zero-order valence-corrected chi connectivity index (χ0v) is 13.8. The maximum absolute atomic E-state index is 10.9. The summed E-state index contributed by atoms with van der Waals surface area (Å²) in [6.45, 7) is 3.54. The highest BCUT2D eigenvalue weighted by Crippen LogP contribution is 2.23. The number of amides is 1. The molecule has 0 aliphatic carbocycles. The van der Waals surface area contributed by atoms with E-state index >= 15 is 0 Å². The van der Waals surface area contributed by atoms with Gasteiger partial charge in [0.2, 0.25) is 5.91 Å². The van der Waals surface area contributed by atoms with Gasteiger partial charge >= 0.3 is 0 Å². The summed E-state index contributed by atoms with van der Waals surface area (Å²) in [5.41, 5.74) is 3.22. The van der Waals surface area contributed by atoms with E-state index in [1.807, 2.05) is 32.3 Å². The fourth-order valence-corrected chi connectivity index (χ4v) is 2.28. The molecule has 1 amide bonds. The van der Waals surface area contributed by atoms with E-state index in [4.69, 9.17) is 0 Å². The van der Waals surface area contributed by atoms with Crippen LogP contribution in [0.25, 0.3) is 11.3 Å². The zero-order chi connectivity index (χ0) is 16.7. The lowest BCUT2D eigenvalue weighted by Gasteiger charge is -2.14. The predicted octanol–water partition coefficient (Wildman–Crippen LogP) is 1.75. The standard InChI is InChI=1S/C17H23N5O/c1-13(23)18-8-9-19-17-10-16(20-12-21-17)15-7-5-4-6-14(15)11-22(2)3/h4-7,10,12H,8-9,11H2,1-3H3,(H,18,23)(H,19,20,21). The van der Waals surface area contributed by atoms with Gasteiger partial charge < -0.3 is 15.5 Å². The van der Waals surface area contributed by atoms with Crippen molar-refractivity contribution in [2.24, 2.45) is 0 Å². The Hall–Kier alpha value is -2.47. The molecule has 2 N–H and O–H groups in total. The molecule has 2 rings (SSSR count). The van der Waals surface area contributed by atoms with Crippen molar-refractivity contribution in [1.82, 2.24) is 20.2 Å². The normalized spacial score (nSPS) is 10.6. The number of carbonyl (C=O) groups excluding carboxylic acids is 1. The molecule has 0 aliphatic rings. The molecule has 1 aromatic heterocycles. The molecule has 1 aromatic carbocycles. The Kier molecular flexibility index (Phi) is 6.05. The van der Waals surface area contributed by atoms with Gasteiger partial charge in [-0.1, -0.05) is 24.3 Å². The topological polar surface area (TPSA) is 70.2 Å². The number of rotatable bonds is 7. The molecule has 0 radical (unpaired) electrons. The molecule has 0 spiro atoms. The molecule has 0 atom stereocenters. The average Bonchev–Trinajstić information content (AvgIpc) is 2.52. The minimum absolute atomic E-state index is 0.0345. The molecule has 0 saturated carbocycles. The molecular formula is C17H23N5O. The van der Waals surface area contributed by atoms with E-state index in [1.54, 1.807) is 6.33 Å². The van der Waals surface area contributed by atoms with Crippen molar-refractivity contribution >= 4 is 11.7 Å². The van der Waals surface area contributed by atoms with Gasteiger partial charge in [-0.2, -0.15) is 0 Å². The van der Waals surface area contributed by atoms with E-state index in [0.29, 0.717) is 13.1 Å². The lowest BCUT2D eigenvalue weighted by Crippen LogP contribution is -2.26. The summed E-state index contributed by atoms with van der Waals surface area (Å²) in [5.74, 6) is 0.716. The Labute approximate surface area is 137 Å². The number of aromatic nitrogens is 2. The second-order valence-electron chi connectivity index (χ2n) is 5.59. The van der Waals surface area contributed by atoms with Gasteiger partial charge in [-0.05, 0) is 19.7 Å². The number of benzene rings is 1. The van der Waals surface area contributed by atoms with E-state index in [1.165, 1.54) is 12.5 Å². The molecule has 6 heteroatoms. The molecule has 23 heavy (non-hydrogen) atoms. The first-order valence-electron chi connectivity index (χ1n) is 7.59. The minimum atomic E-state index is -0.0345. The number of hydrogen-bond donors (Lipinski definition) is 2. The van der Waals surface area contributed by atoms with Crippen LogP contribution in [-0.2, 0) is 11.3 Å². The van der Waals surface area contributed by atoms with Crippen LogP contribution in [0.2, 0.25) is 0 Å². The number of nitrogens with one attached hydrogen (secondary N) is 2. The average molecular weight is 313 g/mol.